The monoisotopic (exact) mass is 563 g/mol. The number of unbranched alkanes of at least 4 members (excludes halogenated alkanes) is 1. The molecule has 0 unspecified atom stereocenters. The fourth-order valence-electron chi connectivity index (χ4n) is 4.34. The number of ether oxygens (including phenoxy) is 1. The average molecular weight is 564 g/mol. The molecule has 0 atom stereocenters. The summed E-state index contributed by atoms with van der Waals surface area (Å²) in [5.41, 5.74) is 11.4. The van der Waals surface area contributed by atoms with Crippen molar-refractivity contribution in [3.05, 3.63) is 66.0 Å². The van der Waals surface area contributed by atoms with Gasteiger partial charge in [0.25, 0.3) is 0 Å². The molecule has 0 aromatic heterocycles. The maximum absolute atomic E-state index is 13.2. The molecular weight excluding hydrogens is 514 g/mol. The van der Waals surface area contributed by atoms with Gasteiger partial charge in [0.15, 0.2) is 0 Å². The lowest BCUT2D eigenvalue weighted by atomic mass is 10.1. The van der Waals surface area contributed by atoms with Crippen molar-refractivity contribution in [1.82, 2.24) is 9.80 Å². The molecule has 1 saturated heterocycles. The molecule has 224 valence electrons. The van der Waals surface area contributed by atoms with Crippen molar-refractivity contribution >= 4 is 34.6 Å². The van der Waals surface area contributed by atoms with Gasteiger partial charge in [-0.15, -0.1) is 0 Å². The van der Waals surface area contributed by atoms with Crippen molar-refractivity contribution in [1.29, 1.82) is 0 Å². The number of nitrogens with two attached hydrogens (primary N) is 1. The summed E-state index contributed by atoms with van der Waals surface area (Å²) in [7, 11) is 9.58. The zero-order valence-corrected chi connectivity index (χ0v) is 26.4. The third-order valence-corrected chi connectivity index (χ3v) is 6.60. The maximum Gasteiger partial charge on any atom is 0.329 e. The van der Waals surface area contributed by atoms with Gasteiger partial charge in [-0.25, -0.2) is 9.79 Å². The summed E-state index contributed by atoms with van der Waals surface area (Å²) < 4.78 is 5.68. The van der Waals surface area contributed by atoms with E-state index in [1.807, 2.05) is 97.6 Å². The van der Waals surface area contributed by atoms with Gasteiger partial charge in [-0.2, -0.15) is 0 Å². The number of hydrogen-bond donors (Lipinski definition) is 2. The highest BCUT2D eigenvalue weighted by Gasteiger charge is 2.30. The van der Waals surface area contributed by atoms with Gasteiger partial charge < -0.3 is 25.6 Å². The highest BCUT2D eigenvalue weighted by molar-refractivity contribution is 5.98. The topological polar surface area (TPSA) is 89.7 Å². The van der Waals surface area contributed by atoms with Crippen molar-refractivity contribution in [3.63, 3.8) is 0 Å². The summed E-state index contributed by atoms with van der Waals surface area (Å²) in [5.74, 6) is 1.36. The molecule has 1 aliphatic heterocycles. The first-order valence-corrected chi connectivity index (χ1v) is 14.3. The number of hydrogen-bond acceptors (Lipinski definition) is 6. The molecule has 1 heterocycles. The minimum atomic E-state index is -0.0598. The van der Waals surface area contributed by atoms with Gasteiger partial charge in [0, 0.05) is 56.4 Å². The Morgan fingerprint density at radius 1 is 1.15 bits per heavy atom. The summed E-state index contributed by atoms with van der Waals surface area (Å²) in [6.07, 6.45) is 5.82. The highest BCUT2D eigenvalue weighted by atomic mass is 16.5. The molecule has 9 heteroatoms. The number of carbonyl (C=O) groups excluding carboxylic acids is 1. The van der Waals surface area contributed by atoms with Crippen LogP contribution in [0, 0.1) is 0 Å². The number of nitrogen functional groups attached to an aromatic ring is 1. The van der Waals surface area contributed by atoms with E-state index in [4.69, 9.17) is 15.5 Å². The molecule has 41 heavy (non-hydrogen) atoms. The first kappa shape index (κ1) is 33.2. The normalized spacial score (nSPS) is 15.8. The van der Waals surface area contributed by atoms with Crippen LogP contribution in [0.25, 0.3) is 0 Å². The van der Waals surface area contributed by atoms with Gasteiger partial charge in [-0.3, -0.25) is 9.80 Å². The van der Waals surface area contributed by atoms with Crippen LogP contribution >= 0.6 is 0 Å². The number of nitrogens with zero attached hydrogens (tertiary/aromatic N) is 5. The van der Waals surface area contributed by atoms with Crippen LogP contribution in [-0.2, 0) is 0 Å². The Kier molecular flexibility index (Phi) is 13.2. The fraction of sp³-hybridized carbons (Fsp3) is 0.438. The molecule has 3 rings (SSSR count). The van der Waals surface area contributed by atoms with Crippen molar-refractivity contribution in [2.24, 2.45) is 4.99 Å². The Morgan fingerprint density at radius 2 is 1.83 bits per heavy atom. The van der Waals surface area contributed by atoms with Crippen molar-refractivity contribution < 1.29 is 9.53 Å². The van der Waals surface area contributed by atoms with Crippen molar-refractivity contribution in [2.45, 2.75) is 40.5 Å². The fourth-order valence-corrected chi connectivity index (χ4v) is 4.34. The van der Waals surface area contributed by atoms with E-state index in [0.29, 0.717) is 23.8 Å². The number of carbonyl (C=O) groups is 1. The van der Waals surface area contributed by atoms with E-state index in [0.717, 1.165) is 54.3 Å². The van der Waals surface area contributed by atoms with Gasteiger partial charge in [-0.05, 0) is 45.6 Å². The summed E-state index contributed by atoms with van der Waals surface area (Å²) in [6.45, 7) is 10.2. The number of nitrogens with one attached hydrogen (secondary N) is 1. The van der Waals surface area contributed by atoms with Gasteiger partial charge >= 0.3 is 6.03 Å². The van der Waals surface area contributed by atoms with Crippen LogP contribution in [0.4, 0.5) is 27.5 Å². The molecular formula is C32H49N7O2. The SMILES string of the molecule is CC.CCC/C=C1/C(=C\N=C(C)Nc2cc(N)c(N(C)CCN(C)C)cc2OC)CN(c2ccccc2)C(=O)N1C. The van der Waals surface area contributed by atoms with E-state index in [-0.39, 0.29) is 6.03 Å². The van der Waals surface area contributed by atoms with E-state index >= 15 is 0 Å². The first-order valence-electron chi connectivity index (χ1n) is 14.3. The maximum atomic E-state index is 13.2. The molecule has 0 spiro atoms. The quantitative estimate of drug-likeness (QED) is 0.201. The van der Waals surface area contributed by atoms with E-state index in [2.05, 4.69) is 28.1 Å². The smallest absolute Gasteiger partial charge is 0.329 e. The molecule has 2 amide bonds. The van der Waals surface area contributed by atoms with Gasteiger partial charge in [-0.1, -0.05) is 51.5 Å². The summed E-state index contributed by atoms with van der Waals surface area (Å²) in [6, 6.07) is 13.5. The van der Waals surface area contributed by atoms with Crippen LogP contribution in [0.15, 0.2) is 71.0 Å². The molecule has 1 aliphatic rings. The number of likely N-dealkylation sites (N-methyl/N-ethyl adjacent to an activating group) is 3. The zero-order chi connectivity index (χ0) is 30.5. The molecule has 0 saturated carbocycles. The van der Waals surface area contributed by atoms with Crippen molar-refractivity contribution in [3.8, 4) is 5.75 Å². The predicted octanol–water partition coefficient (Wildman–Crippen LogP) is 6.27. The number of urea groups is 1. The average Bonchev–Trinajstić information content (AvgIpc) is 2.97. The Hall–Kier alpha value is -3.98. The lowest BCUT2D eigenvalue weighted by Gasteiger charge is -2.36. The third kappa shape index (κ3) is 9.01. The van der Waals surface area contributed by atoms with E-state index < -0.39 is 0 Å². The molecule has 0 radical (unpaired) electrons. The molecule has 2 aromatic carbocycles. The van der Waals surface area contributed by atoms with Gasteiger partial charge in [0.2, 0.25) is 0 Å². The minimum absolute atomic E-state index is 0.0598. The minimum Gasteiger partial charge on any atom is -0.494 e. The Bertz CT molecular complexity index is 1220. The standard InChI is InChI=1S/C30H43N7O2.C2H6/c1-8-9-15-27-23(21-37(30(38)36(27)6)24-13-11-10-12-14-24)20-32-22(2)33-26-18-25(31)28(19-29(26)39-7)35(5)17-16-34(3)4;1-2/h10-15,18-20H,8-9,16-17,21,31H2,1-7H3,(H,32,33);1-2H3/b23-20-,27-15-;. The number of aliphatic imine (C=N–C) groups is 1. The largest absolute Gasteiger partial charge is 0.494 e. The number of anilines is 4. The Morgan fingerprint density at radius 3 is 2.44 bits per heavy atom. The van der Waals surface area contributed by atoms with Crippen LogP contribution in [0.3, 0.4) is 0 Å². The second-order valence-electron chi connectivity index (χ2n) is 9.97. The number of amides is 2. The van der Waals surface area contributed by atoms with E-state index in [1.165, 1.54) is 0 Å². The molecule has 1 fully saturated rings. The Labute approximate surface area is 247 Å². The van der Waals surface area contributed by atoms with Crippen LogP contribution in [-0.4, -0.2) is 76.6 Å². The van der Waals surface area contributed by atoms with Crippen LogP contribution < -0.4 is 25.6 Å². The number of amidine groups is 1. The second-order valence-corrected chi connectivity index (χ2v) is 9.97. The van der Waals surface area contributed by atoms with Gasteiger partial charge in [0.1, 0.15) is 11.6 Å². The number of methoxy groups -OCH3 is 1. The predicted molar refractivity (Wildman–Crippen MR) is 175 cm³/mol. The lowest BCUT2D eigenvalue weighted by molar-refractivity contribution is 0.223. The number of benzene rings is 2. The third-order valence-electron chi connectivity index (χ3n) is 6.60. The zero-order valence-electron chi connectivity index (χ0n) is 26.4. The van der Waals surface area contributed by atoms with Crippen LogP contribution in [0.5, 0.6) is 5.75 Å². The van der Waals surface area contributed by atoms with Gasteiger partial charge in [0.05, 0.1) is 30.7 Å². The molecule has 2 aromatic rings. The number of allylic oxidation sites excluding steroid dienone is 1. The number of rotatable bonds is 10. The van der Waals surface area contributed by atoms with Crippen LogP contribution in [0.2, 0.25) is 0 Å². The van der Waals surface area contributed by atoms with E-state index in [9.17, 15) is 4.79 Å². The van der Waals surface area contributed by atoms with Crippen LogP contribution in [0.1, 0.15) is 40.5 Å². The molecule has 0 bridgehead atoms. The summed E-state index contributed by atoms with van der Waals surface area (Å²) >= 11 is 0. The molecule has 3 N–H and O–H groups in total. The lowest BCUT2D eigenvalue weighted by Crippen LogP contribution is -2.47. The second kappa shape index (κ2) is 16.3. The first-order chi connectivity index (χ1) is 19.7. The molecule has 9 nitrogen and oxygen atoms in total. The summed E-state index contributed by atoms with van der Waals surface area (Å²) in [4.78, 5) is 25.6. The summed E-state index contributed by atoms with van der Waals surface area (Å²) in [5, 5.41) is 3.34. The number of para-hydroxylation sites is 1. The Balaban J connectivity index is 0.00000287. The van der Waals surface area contributed by atoms with E-state index in [1.54, 1.807) is 16.9 Å². The highest BCUT2D eigenvalue weighted by Crippen LogP contribution is 2.35. The van der Waals surface area contributed by atoms with Crippen molar-refractivity contribution in [2.75, 3.05) is 75.8 Å². The molecule has 0 aliphatic carbocycles.